The summed E-state index contributed by atoms with van der Waals surface area (Å²) in [5.41, 5.74) is 2.55. The van der Waals surface area contributed by atoms with Crippen molar-refractivity contribution in [2.24, 2.45) is 0 Å². The zero-order chi connectivity index (χ0) is 15.5. The van der Waals surface area contributed by atoms with E-state index < -0.39 is 0 Å². The lowest BCUT2D eigenvalue weighted by Crippen LogP contribution is -1.93. The molecule has 0 spiro atoms. The van der Waals surface area contributed by atoms with Gasteiger partial charge in [0.25, 0.3) is 0 Å². The summed E-state index contributed by atoms with van der Waals surface area (Å²) >= 11 is 0. The van der Waals surface area contributed by atoms with Crippen molar-refractivity contribution in [2.75, 3.05) is 7.11 Å². The van der Waals surface area contributed by atoms with Crippen LogP contribution in [0.3, 0.4) is 0 Å². The minimum absolute atomic E-state index is 0.135. The van der Waals surface area contributed by atoms with E-state index in [1.165, 1.54) is 6.08 Å². The lowest BCUT2D eigenvalue weighted by molar-refractivity contribution is 0.102. The van der Waals surface area contributed by atoms with Crippen LogP contribution in [0, 0.1) is 6.92 Å². The van der Waals surface area contributed by atoms with E-state index in [9.17, 15) is 4.79 Å². The molecule has 3 rings (SSSR count). The first-order valence-electron chi connectivity index (χ1n) is 7.03. The molecule has 0 saturated heterocycles. The van der Waals surface area contributed by atoms with Crippen LogP contribution in [0.2, 0.25) is 0 Å². The number of furan rings is 1. The van der Waals surface area contributed by atoms with Gasteiger partial charge in [-0.15, -0.1) is 0 Å². The van der Waals surface area contributed by atoms with Gasteiger partial charge >= 0.3 is 0 Å². The summed E-state index contributed by atoms with van der Waals surface area (Å²) in [5, 5.41) is 0.976. The molecule has 0 unspecified atom stereocenters. The summed E-state index contributed by atoms with van der Waals surface area (Å²) in [4.78, 5) is 12.3. The normalized spacial score (nSPS) is 11.2. The number of carbonyl (C=O) groups excluding carboxylic acids is 1. The van der Waals surface area contributed by atoms with Gasteiger partial charge in [-0.25, -0.2) is 0 Å². The molecular weight excluding hydrogens is 276 g/mol. The summed E-state index contributed by atoms with van der Waals surface area (Å²) in [6, 6.07) is 15.2. The fourth-order valence-electron chi connectivity index (χ4n) is 2.37. The van der Waals surface area contributed by atoms with E-state index in [4.69, 9.17) is 9.15 Å². The predicted molar refractivity (Wildman–Crippen MR) is 87.3 cm³/mol. The molecule has 0 amide bonds. The SMILES string of the molecule is COc1ccc(/C=C/C(=O)c2oc3ccccc3c2C)cc1. The Morgan fingerprint density at radius 2 is 1.82 bits per heavy atom. The molecule has 3 nitrogen and oxygen atoms in total. The maximum absolute atomic E-state index is 12.3. The number of fused-ring (bicyclic) bond motifs is 1. The highest BCUT2D eigenvalue weighted by atomic mass is 16.5. The number of hydrogen-bond donors (Lipinski definition) is 0. The third kappa shape index (κ3) is 2.66. The van der Waals surface area contributed by atoms with Crippen molar-refractivity contribution in [2.45, 2.75) is 6.92 Å². The van der Waals surface area contributed by atoms with Gasteiger partial charge in [0, 0.05) is 10.9 Å². The van der Waals surface area contributed by atoms with Crippen molar-refractivity contribution in [3.63, 3.8) is 0 Å². The second kappa shape index (κ2) is 5.90. The zero-order valence-corrected chi connectivity index (χ0v) is 12.5. The first-order valence-corrected chi connectivity index (χ1v) is 7.03. The minimum Gasteiger partial charge on any atom is -0.497 e. The van der Waals surface area contributed by atoms with Crippen LogP contribution in [0.5, 0.6) is 5.75 Å². The Bertz CT molecular complexity index is 839. The molecule has 0 saturated carbocycles. The lowest BCUT2D eigenvalue weighted by Gasteiger charge is -1.98. The number of hydrogen-bond acceptors (Lipinski definition) is 3. The maximum atomic E-state index is 12.3. The number of ether oxygens (including phenoxy) is 1. The van der Waals surface area contributed by atoms with E-state index >= 15 is 0 Å². The molecule has 0 aliphatic carbocycles. The highest BCUT2D eigenvalue weighted by Crippen LogP contribution is 2.25. The van der Waals surface area contributed by atoms with Gasteiger partial charge in [-0.3, -0.25) is 4.79 Å². The highest BCUT2D eigenvalue weighted by Gasteiger charge is 2.14. The third-order valence-corrected chi connectivity index (χ3v) is 3.61. The van der Waals surface area contributed by atoms with Crippen LogP contribution < -0.4 is 4.74 Å². The summed E-state index contributed by atoms with van der Waals surface area (Å²) in [6.45, 7) is 1.90. The Balaban J connectivity index is 1.86. The summed E-state index contributed by atoms with van der Waals surface area (Å²) < 4.78 is 10.8. The second-order valence-corrected chi connectivity index (χ2v) is 5.02. The quantitative estimate of drug-likeness (QED) is 0.519. The molecule has 1 aromatic heterocycles. The van der Waals surface area contributed by atoms with Crippen molar-refractivity contribution in [3.05, 3.63) is 71.5 Å². The molecule has 0 fully saturated rings. The van der Waals surface area contributed by atoms with Crippen LogP contribution in [0.4, 0.5) is 0 Å². The van der Waals surface area contributed by atoms with Gasteiger partial charge in [-0.05, 0) is 36.8 Å². The fraction of sp³-hybridized carbons (Fsp3) is 0.105. The highest BCUT2D eigenvalue weighted by molar-refractivity contribution is 6.08. The Hall–Kier alpha value is -2.81. The average Bonchev–Trinajstić information content (AvgIpc) is 2.90. The molecule has 2 aromatic carbocycles. The Morgan fingerprint density at radius 3 is 2.50 bits per heavy atom. The van der Waals surface area contributed by atoms with Crippen molar-refractivity contribution in [3.8, 4) is 5.75 Å². The molecule has 22 heavy (non-hydrogen) atoms. The Labute approximate surface area is 128 Å². The number of rotatable bonds is 4. The van der Waals surface area contributed by atoms with Crippen molar-refractivity contribution in [1.82, 2.24) is 0 Å². The largest absolute Gasteiger partial charge is 0.497 e. The summed E-state index contributed by atoms with van der Waals surface area (Å²) in [7, 11) is 1.62. The smallest absolute Gasteiger partial charge is 0.221 e. The van der Waals surface area contributed by atoms with E-state index in [0.717, 1.165) is 27.8 Å². The number of ketones is 1. The standard InChI is InChI=1S/C19H16O3/c1-13-16-5-3-4-6-18(16)22-19(13)17(20)12-9-14-7-10-15(21-2)11-8-14/h3-12H,1-2H3/b12-9+. The molecule has 0 aliphatic heterocycles. The van der Waals surface area contributed by atoms with Crippen molar-refractivity contribution in [1.29, 1.82) is 0 Å². The fourth-order valence-corrected chi connectivity index (χ4v) is 2.37. The van der Waals surface area contributed by atoms with Gasteiger partial charge < -0.3 is 9.15 Å². The van der Waals surface area contributed by atoms with Crippen LogP contribution in [0.1, 0.15) is 21.7 Å². The van der Waals surface area contributed by atoms with Gasteiger partial charge in [-0.1, -0.05) is 36.4 Å². The number of carbonyl (C=O) groups is 1. The van der Waals surface area contributed by atoms with Gasteiger partial charge in [0.05, 0.1) is 7.11 Å². The van der Waals surface area contributed by atoms with Crippen molar-refractivity contribution >= 4 is 22.8 Å². The molecular formula is C19H16O3. The zero-order valence-electron chi connectivity index (χ0n) is 12.5. The van der Waals surface area contributed by atoms with E-state index in [1.54, 1.807) is 13.2 Å². The Kier molecular flexibility index (Phi) is 3.79. The summed E-state index contributed by atoms with van der Waals surface area (Å²) in [5.74, 6) is 1.05. The number of aryl methyl sites for hydroxylation is 1. The van der Waals surface area contributed by atoms with Crippen LogP contribution >= 0.6 is 0 Å². The number of allylic oxidation sites excluding steroid dienone is 1. The molecule has 0 aliphatic rings. The Morgan fingerprint density at radius 1 is 1.09 bits per heavy atom. The number of para-hydroxylation sites is 1. The molecule has 0 radical (unpaired) electrons. The average molecular weight is 292 g/mol. The topological polar surface area (TPSA) is 39.4 Å². The van der Waals surface area contributed by atoms with E-state index in [-0.39, 0.29) is 5.78 Å². The van der Waals surface area contributed by atoms with Crippen molar-refractivity contribution < 1.29 is 13.9 Å². The molecule has 1 heterocycles. The van der Waals surface area contributed by atoms with Gasteiger partial charge in [-0.2, -0.15) is 0 Å². The van der Waals surface area contributed by atoms with Gasteiger partial charge in [0.2, 0.25) is 5.78 Å². The third-order valence-electron chi connectivity index (χ3n) is 3.61. The van der Waals surface area contributed by atoms with Crippen LogP contribution in [0.15, 0.2) is 59.0 Å². The summed E-state index contributed by atoms with van der Waals surface area (Å²) in [6.07, 6.45) is 3.31. The van der Waals surface area contributed by atoms with Crippen LogP contribution in [-0.2, 0) is 0 Å². The second-order valence-electron chi connectivity index (χ2n) is 5.02. The van der Waals surface area contributed by atoms with Gasteiger partial charge in [0.1, 0.15) is 11.3 Å². The number of methoxy groups -OCH3 is 1. The first-order chi connectivity index (χ1) is 10.7. The molecule has 110 valence electrons. The van der Waals surface area contributed by atoms with E-state index in [0.29, 0.717) is 5.76 Å². The van der Waals surface area contributed by atoms with E-state index in [2.05, 4.69) is 0 Å². The molecule has 0 bridgehead atoms. The molecule has 3 heteroatoms. The monoisotopic (exact) mass is 292 g/mol. The number of benzene rings is 2. The molecule has 0 N–H and O–H groups in total. The van der Waals surface area contributed by atoms with Crippen LogP contribution in [0.25, 0.3) is 17.0 Å². The minimum atomic E-state index is -0.135. The van der Waals surface area contributed by atoms with Crippen LogP contribution in [-0.4, -0.2) is 12.9 Å². The van der Waals surface area contributed by atoms with E-state index in [1.807, 2.05) is 55.5 Å². The first kappa shape index (κ1) is 14.1. The van der Waals surface area contributed by atoms with Gasteiger partial charge in [0.15, 0.2) is 5.76 Å². The maximum Gasteiger partial charge on any atom is 0.221 e. The lowest BCUT2D eigenvalue weighted by atomic mass is 10.1. The predicted octanol–water partition coefficient (Wildman–Crippen LogP) is 4.65. The molecule has 3 aromatic rings. The molecule has 0 atom stereocenters.